The van der Waals surface area contributed by atoms with Gasteiger partial charge in [0.1, 0.15) is 29.0 Å². The minimum Gasteiger partial charge on any atom is -0.457 e. The van der Waals surface area contributed by atoms with E-state index in [1.807, 2.05) is 0 Å². The SMILES string of the molecule is C=C(C(=O)OC(C)(C)C)C(OC(C)=O)c1nn(-c2ccccc2)c2c1[C@@H](c1ccc(F)cc1)[C@@H](NC(=O)c1cccc(C(F)(F)F)c1)C(=O)N2CC. The molecule has 14 heteroatoms. The number of benzene rings is 3. The number of nitrogens with one attached hydrogen (secondary N) is 1. The highest BCUT2D eigenvalue weighted by Crippen LogP contribution is 2.47. The number of nitrogens with zero attached hydrogens (tertiary/aromatic N) is 3. The summed E-state index contributed by atoms with van der Waals surface area (Å²) >= 11 is 0. The molecule has 1 aliphatic heterocycles. The first-order chi connectivity index (χ1) is 24.4. The third-order valence-electron chi connectivity index (χ3n) is 8.15. The Morgan fingerprint density at radius 3 is 2.21 bits per heavy atom. The summed E-state index contributed by atoms with van der Waals surface area (Å²) in [5, 5.41) is 7.44. The van der Waals surface area contributed by atoms with Crippen LogP contribution in [-0.4, -0.2) is 51.7 Å². The lowest BCUT2D eigenvalue weighted by molar-refractivity contribution is -0.154. The molecule has 2 heterocycles. The van der Waals surface area contributed by atoms with Gasteiger partial charge < -0.3 is 14.8 Å². The van der Waals surface area contributed by atoms with Crippen LogP contribution in [0.3, 0.4) is 0 Å². The average molecular weight is 721 g/mol. The smallest absolute Gasteiger partial charge is 0.416 e. The van der Waals surface area contributed by atoms with Crippen molar-refractivity contribution in [3.63, 3.8) is 0 Å². The van der Waals surface area contributed by atoms with Crippen LogP contribution in [0.2, 0.25) is 0 Å². The number of hydrogen-bond acceptors (Lipinski definition) is 7. The van der Waals surface area contributed by atoms with Gasteiger partial charge in [0.2, 0.25) is 0 Å². The molecule has 0 saturated heterocycles. The Morgan fingerprint density at radius 2 is 1.63 bits per heavy atom. The molecule has 4 aromatic rings. The van der Waals surface area contributed by atoms with Crippen molar-refractivity contribution in [2.75, 3.05) is 11.4 Å². The summed E-state index contributed by atoms with van der Waals surface area (Å²) in [5.74, 6) is -5.02. The Morgan fingerprint density at radius 1 is 0.981 bits per heavy atom. The minimum atomic E-state index is -4.75. The van der Waals surface area contributed by atoms with Crippen LogP contribution in [0.25, 0.3) is 5.69 Å². The molecule has 0 spiro atoms. The number of esters is 2. The first kappa shape index (κ1) is 37.5. The molecule has 0 radical (unpaired) electrons. The lowest BCUT2D eigenvalue weighted by Gasteiger charge is -2.39. The first-order valence-electron chi connectivity index (χ1n) is 16.2. The summed E-state index contributed by atoms with van der Waals surface area (Å²) < 4.78 is 67.8. The standard InChI is InChI=1S/C38H36F4N4O6/c1-7-45-34-29(30(44-46(34)27-14-9-8-10-15-27)32(51-22(3)47)21(2)36(50)52-37(4,5)6)28(23-16-18-26(39)19-17-23)31(35(45)49)43-33(48)24-12-11-13-25(20-24)38(40,41)42/h8-20,28,31-32H,2,7H2,1,3-6H3,(H,43,48)/t28-,31-,32?/m1/s1. The third-order valence-corrected chi connectivity index (χ3v) is 8.15. The molecule has 1 N–H and O–H groups in total. The number of carbonyl (C=O) groups excluding carboxylic acids is 4. The number of halogens is 4. The molecule has 52 heavy (non-hydrogen) atoms. The molecule has 3 aromatic carbocycles. The van der Waals surface area contributed by atoms with Gasteiger partial charge in [0, 0.05) is 30.5 Å². The van der Waals surface area contributed by atoms with Crippen LogP contribution in [-0.2, 0) is 30.0 Å². The number of ether oxygens (including phenoxy) is 2. The fourth-order valence-corrected chi connectivity index (χ4v) is 5.97. The summed E-state index contributed by atoms with van der Waals surface area (Å²) in [6, 6.07) is 15.9. The van der Waals surface area contributed by atoms with Crippen molar-refractivity contribution in [1.82, 2.24) is 15.1 Å². The van der Waals surface area contributed by atoms with Crippen molar-refractivity contribution in [2.24, 2.45) is 0 Å². The van der Waals surface area contributed by atoms with Crippen molar-refractivity contribution in [1.29, 1.82) is 0 Å². The molecule has 0 aliphatic carbocycles. The van der Waals surface area contributed by atoms with Gasteiger partial charge in [-0.1, -0.05) is 43.0 Å². The Balaban J connectivity index is 1.80. The van der Waals surface area contributed by atoms with Crippen molar-refractivity contribution >= 4 is 29.6 Å². The van der Waals surface area contributed by atoms with E-state index in [4.69, 9.17) is 14.6 Å². The van der Waals surface area contributed by atoms with Crippen molar-refractivity contribution in [3.05, 3.63) is 125 Å². The summed E-state index contributed by atoms with van der Waals surface area (Å²) in [5.41, 5.74) is -1.82. The van der Waals surface area contributed by atoms with E-state index in [2.05, 4.69) is 11.9 Å². The van der Waals surface area contributed by atoms with E-state index in [0.29, 0.717) is 17.3 Å². The van der Waals surface area contributed by atoms with Gasteiger partial charge in [-0.05, 0) is 75.7 Å². The third kappa shape index (κ3) is 7.75. The van der Waals surface area contributed by atoms with Crippen LogP contribution in [0.1, 0.15) is 79.4 Å². The molecule has 5 rings (SSSR count). The van der Waals surface area contributed by atoms with E-state index in [1.54, 1.807) is 58.0 Å². The molecule has 1 aliphatic rings. The number of rotatable bonds is 9. The zero-order valence-electron chi connectivity index (χ0n) is 29.0. The molecule has 1 unspecified atom stereocenters. The van der Waals surface area contributed by atoms with Gasteiger partial charge in [0.25, 0.3) is 11.8 Å². The van der Waals surface area contributed by atoms with Gasteiger partial charge in [-0.25, -0.2) is 13.9 Å². The van der Waals surface area contributed by atoms with Gasteiger partial charge in [0.15, 0.2) is 6.10 Å². The zero-order valence-corrected chi connectivity index (χ0v) is 29.0. The van der Waals surface area contributed by atoms with Gasteiger partial charge in [-0.15, -0.1) is 0 Å². The van der Waals surface area contributed by atoms with Crippen LogP contribution in [0, 0.1) is 5.82 Å². The Labute approximate surface area is 297 Å². The van der Waals surface area contributed by atoms with E-state index in [-0.39, 0.29) is 34.8 Å². The molecular formula is C38H36F4N4O6. The number of carbonyl (C=O) groups is 4. The fourth-order valence-electron chi connectivity index (χ4n) is 5.97. The quantitative estimate of drug-likeness (QED) is 0.114. The van der Waals surface area contributed by atoms with E-state index >= 15 is 0 Å². The largest absolute Gasteiger partial charge is 0.457 e. The molecule has 0 fully saturated rings. The highest BCUT2D eigenvalue weighted by atomic mass is 19.4. The monoisotopic (exact) mass is 720 g/mol. The topological polar surface area (TPSA) is 120 Å². The first-order valence-corrected chi connectivity index (χ1v) is 16.2. The number of anilines is 1. The van der Waals surface area contributed by atoms with E-state index in [9.17, 15) is 36.7 Å². The summed E-state index contributed by atoms with van der Waals surface area (Å²) in [4.78, 5) is 55.6. The highest BCUT2D eigenvalue weighted by molar-refractivity contribution is 6.05. The minimum absolute atomic E-state index is 0.0150. The Kier molecular flexibility index (Phi) is 10.4. The molecule has 272 valence electrons. The predicted octanol–water partition coefficient (Wildman–Crippen LogP) is 6.83. The summed E-state index contributed by atoms with van der Waals surface area (Å²) in [7, 11) is 0. The van der Waals surface area contributed by atoms with Gasteiger partial charge in [-0.3, -0.25) is 19.3 Å². The van der Waals surface area contributed by atoms with Crippen LogP contribution in [0.5, 0.6) is 0 Å². The lowest BCUT2D eigenvalue weighted by Crippen LogP contribution is -2.55. The molecule has 0 bridgehead atoms. The lowest BCUT2D eigenvalue weighted by atomic mass is 9.79. The second-order valence-corrected chi connectivity index (χ2v) is 13.0. The second kappa shape index (κ2) is 14.4. The summed E-state index contributed by atoms with van der Waals surface area (Å²) in [6.45, 7) is 11.6. The fraction of sp³-hybridized carbons (Fsp3) is 0.289. The normalized spacial score (nSPS) is 16.5. The molecule has 3 atom stereocenters. The number of aromatic nitrogens is 2. The number of amides is 2. The van der Waals surface area contributed by atoms with Crippen molar-refractivity contribution in [2.45, 2.75) is 64.5 Å². The van der Waals surface area contributed by atoms with Crippen LogP contribution < -0.4 is 10.2 Å². The average Bonchev–Trinajstić information content (AvgIpc) is 3.46. The zero-order chi connectivity index (χ0) is 38.1. The predicted molar refractivity (Wildman–Crippen MR) is 182 cm³/mol. The van der Waals surface area contributed by atoms with Gasteiger partial charge in [-0.2, -0.15) is 18.3 Å². The van der Waals surface area contributed by atoms with Gasteiger partial charge in [0.05, 0.1) is 16.8 Å². The van der Waals surface area contributed by atoms with Crippen LogP contribution in [0.15, 0.2) is 91.0 Å². The van der Waals surface area contributed by atoms with E-state index < -0.39 is 65.0 Å². The summed E-state index contributed by atoms with van der Waals surface area (Å²) in [6.07, 6.45) is -6.33. The number of alkyl halides is 3. The molecule has 2 amide bonds. The molecule has 1 aromatic heterocycles. The van der Waals surface area contributed by atoms with Crippen molar-refractivity contribution < 1.29 is 46.2 Å². The number of fused-ring (bicyclic) bond motifs is 1. The second-order valence-electron chi connectivity index (χ2n) is 13.0. The molecular weight excluding hydrogens is 684 g/mol. The number of likely N-dealkylation sites (N-methyl/N-ethyl adjacent to an activating group) is 1. The molecule has 10 nitrogen and oxygen atoms in total. The Hall–Kier alpha value is -5.79. The van der Waals surface area contributed by atoms with E-state index in [1.165, 1.54) is 27.8 Å². The van der Waals surface area contributed by atoms with Gasteiger partial charge >= 0.3 is 18.1 Å². The molecule has 0 saturated carbocycles. The van der Waals surface area contributed by atoms with Crippen LogP contribution in [0.4, 0.5) is 23.4 Å². The van der Waals surface area contributed by atoms with Crippen LogP contribution >= 0.6 is 0 Å². The van der Waals surface area contributed by atoms with E-state index in [0.717, 1.165) is 31.2 Å². The maximum absolute atomic E-state index is 14.5. The number of para-hydroxylation sites is 1. The number of hydrogen-bond donors (Lipinski definition) is 1. The highest BCUT2D eigenvalue weighted by Gasteiger charge is 2.48. The maximum atomic E-state index is 14.5. The van der Waals surface area contributed by atoms with Crippen molar-refractivity contribution in [3.8, 4) is 5.69 Å². The maximum Gasteiger partial charge on any atom is 0.416 e. The Bertz CT molecular complexity index is 2020.